The third-order valence-electron chi connectivity index (χ3n) is 2.97. The Hall–Kier alpha value is -1.99. The molecule has 0 saturated heterocycles. The molecule has 23 heavy (non-hydrogen) atoms. The van der Waals surface area contributed by atoms with E-state index in [-0.39, 0.29) is 0 Å². The Morgan fingerprint density at radius 1 is 1.26 bits per heavy atom. The second-order valence-electron chi connectivity index (χ2n) is 4.93. The van der Waals surface area contributed by atoms with Crippen molar-refractivity contribution in [3.63, 3.8) is 0 Å². The first-order valence-electron chi connectivity index (χ1n) is 7.06. The molecule has 3 aromatic rings. The highest BCUT2D eigenvalue weighted by Gasteiger charge is 2.11. The number of hydrogen-bond acceptors (Lipinski definition) is 6. The molecule has 2 aromatic heterocycles. The van der Waals surface area contributed by atoms with E-state index in [0.717, 1.165) is 22.2 Å². The Kier molecular flexibility index (Phi) is 5.19. The van der Waals surface area contributed by atoms with E-state index < -0.39 is 10.8 Å². The van der Waals surface area contributed by atoms with E-state index in [2.05, 4.69) is 9.97 Å². The Balaban J connectivity index is 1.51. The summed E-state index contributed by atoms with van der Waals surface area (Å²) in [5.74, 6) is 2.74. The van der Waals surface area contributed by atoms with Crippen LogP contribution in [0, 0.1) is 6.92 Å². The summed E-state index contributed by atoms with van der Waals surface area (Å²) in [5, 5.41) is 2.79. The summed E-state index contributed by atoms with van der Waals surface area (Å²) in [6.45, 7) is 2.24. The maximum absolute atomic E-state index is 12.1. The molecule has 0 aliphatic heterocycles. The zero-order chi connectivity index (χ0) is 16.1. The third-order valence-corrected chi connectivity index (χ3v) is 5.03. The third kappa shape index (κ3) is 4.74. The normalized spacial score (nSPS) is 12.2. The first-order valence-corrected chi connectivity index (χ1v) is 9.43. The van der Waals surface area contributed by atoms with Gasteiger partial charge in [0.15, 0.2) is 0 Å². The number of oxazole rings is 1. The van der Waals surface area contributed by atoms with Crippen molar-refractivity contribution in [1.29, 1.82) is 0 Å². The molecule has 0 aliphatic carbocycles. The van der Waals surface area contributed by atoms with Crippen molar-refractivity contribution in [3.8, 4) is 5.75 Å². The fraction of sp³-hybridized carbons (Fsp3) is 0.250. The first kappa shape index (κ1) is 15.9. The summed E-state index contributed by atoms with van der Waals surface area (Å²) in [7, 11) is -1.09. The van der Waals surface area contributed by atoms with Crippen LogP contribution in [0.25, 0.3) is 0 Å². The van der Waals surface area contributed by atoms with Crippen LogP contribution in [-0.4, -0.2) is 14.2 Å². The molecule has 0 N–H and O–H groups in total. The smallest absolute Gasteiger partial charge is 0.206 e. The van der Waals surface area contributed by atoms with Crippen molar-refractivity contribution < 1.29 is 13.4 Å². The maximum Gasteiger partial charge on any atom is 0.206 e. The van der Waals surface area contributed by atoms with Gasteiger partial charge in [0.05, 0.1) is 17.6 Å². The van der Waals surface area contributed by atoms with Crippen LogP contribution in [0.1, 0.15) is 22.4 Å². The highest BCUT2D eigenvalue weighted by atomic mass is 32.2. The Morgan fingerprint density at radius 2 is 2.09 bits per heavy atom. The molecule has 1 aromatic carbocycles. The first-order chi connectivity index (χ1) is 11.2. The molecule has 3 rings (SSSR count). The minimum absolute atomic E-state index is 0.307. The van der Waals surface area contributed by atoms with E-state index in [1.54, 1.807) is 6.20 Å². The van der Waals surface area contributed by atoms with Crippen LogP contribution in [0.4, 0.5) is 0 Å². The maximum atomic E-state index is 12.1. The van der Waals surface area contributed by atoms with Gasteiger partial charge in [-0.25, -0.2) is 9.97 Å². The van der Waals surface area contributed by atoms with Crippen LogP contribution >= 0.6 is 11.3 Å². The van der Waals surface area contributed by atoms with E-state index in [4.69, 9.17) is 9.15 Å². The van der Waals surface area contributed by atoms with E-state index in [0.29, 0.717) is 24.0 Å². The van der Waals surface area contributed by atoms with Crippen molar-refractivity contribution in [1.82, 2.24) is 9.97 Å². The molecule has 2 heterocycles. The van der Waals surface area contributed by atoms with Gasteiger partial charge in [-0.2, -0.15) is 0 Å². The summed E-state index contributed by atoms with van der Waals surface area (Å²) in [5.41, 5.74) is 0.809. The molecule has 0 bridgehead atoms. The second kappa shape index (κ2) is 7.52. The Labute approximate surface area is 140 Å². The predicted molar refractivity (Wildman–Crippen MR) is 89.7 cm³/mol. The fourth-order valence-electron chi connectivity index (χ4n) is 1.97. The molecule has 0 fully saturated rings. The number of nitrogens with zero attached hydrogens (tertiary/aromatic N) is 2. The average molecular weight is 348 g/mol. The molecule has 1 atom stereocenters. The van der Waals surface area contributed by atoms with E-state index >= 15 is 0 Å². The van der Waals surface area contributed by atoms with E-state index in [1.165, 1.54) is 11.3 Å². The molecule has 0 aliphatic rings. The van der Waals surface area contributed by atoms with Gasteiger partial charge in [0.2, 0.25) is 5.89 Å². The number of hydrogen-bond donors (Lipinski definition) is 0. The SMILES string of the molecule is Cc1cnc(C[S@](=O)Cc2csc(COc3ccccc3)n2)o1. The van der Waals surface area contributed by atoms with E-state index in [1.807, 2.05) is 42.6 Å². The van der Waals surface area contributed by atoms with Crippen LogP contribution in [0.5, 0.6) is 5.75 Å². The van der Waals surface area contributed by atoms with Gasteiger partial charge in [-0.1, -0.05) is 18.2 Å². The van der Waals surface area contributed by atoms with Crippen LogP contribution in [0.2, 0.25) is 0 Å². The fourth-order valence-corrected chi connectivity index (χ4v) is 3.76. The molecular formula is C16H16N2O3S2. The quantitative estimate of drug-likeness (QED) is 0.654. The molecular weight excluding hydrogens is 332 g/mol. The summed E-state index contributed by atoms with van der Waals surface area (Å²) in [4.78, 5) is 8.53. The van der Waals surface area contributed by atoms with E-state index in [9.17, 15) is 4.21 Å². The minimum atomic E-state index is -1.09. The van der Waals surface area contributed by atoms with Gasteiger partial charge in [0.1, 0.15) is 28.9 Å². The highest BCUT2D eigenvalue weighted by molar-refractivity contribution is 7.83. The number of aryl methyl sites for hydroxylation is 1. The monoisotopic (exact) mass is 348 g/mol. The Morgan fingerprint density at radius 3 is 2.83 bits per heavy atom. The van der Waals surface area contributed by atoms with Gasteiger partial charge in [-0.05, 0) is 19.1 Å². The van der Waals surface area contributed by atoms with Gasteiger partial charge >= 0.3 is 0 Å². The Bertz CT molecular complexity index is 783. The number of rotatable bonds is 7. The predicted octanol–water partition coefficient (Wildman–Crippen LogP) is 3.47. The lowest BCUT2D eigenvalue weighted by atomic mass is 10.3. The number of thiazole rings is 1. The second-order valence-corrected chi connectivity index (χ2v) is 7.33. The molecule has 0 spiro atoms. The lowest BCUT2D eigenvalue weighted by molar-refractivity contribution is 0.305. The van der Waals surface area contributed by atoms with Gasteiger partial charge in [-0.3, -0.25) is 4.21 Å². The van der Waals surface area contributed by atoms with Crippen molar-refractivity contribution in [2.75, 3.05) is 0 Å². The average Bonchev–Trinajstić information content (AvgIpc) is 3.15. The van der Waals surface area contributed by atoms with Gasteiger partial charge in [0, 0.05) is 16.2 Å². The molecule has 7 heteroatoms. The van der Waals surface area contributed by atoms with Crippen LogP contribution in [0.15, 0.2) is 46.3 Å². The molecule has 0 radical (unpaired) electrons. The van der Waals surface area contributed by atoms with Gasteiger partial charge in [-0.15, -0.1) is 11.3 Å². The van der Waals surface area contributed by atoms with Crippen molar-refractivity contribution in [2.24, 2.45) is 0 Å². The van der Waals surface area contributed by atoms with Crippen LogP contribution in [-0.2, 0) is 28.9 Å². The number of ether oxygens (including phenoxy) is 1. The van der Waals surface area contributed by atoms with Gasteiger partial charge in [0.25, 0.3) is 0 Å². The molecule has 0 saturated carbocycles. The number of benzene rings is 1. The molecule has 5 nitrogen and oxygen atoms in total. The van der Waals surface area contributed by atoms with Gasteiger partial charge < -0.3 is 9.15 Å². The van der Waals surface area contributed by atoms with Crippen LogP contribution in [0.3, 0.4) is 0 Å². The molecule has 0 amide bonds. The van der Waals surface area contributed by atoms with Crippen molar-refractivity contribution in [2.45, 2.75) is 25.0 Å². The number of para-hydroxylation sites is 1. The topological polar surface area (TPSA) is 65.2 Å². The largest absolute Gasteiger partial charge is 0.486 e. The minimum Gasteiger partial charge on any atom is -0.486 e. The molecule has 120 valence electrons. The summed E-state index contributed by atoms with van der Waals surface area (Å²) >= 11 is 1.51. The molecule has 0 unspecified atom stereocenters. The lowest BCUT2D eigenvalue weighted by Crippen LogP contribution is -2.01. The highest BCUT2D eigenvalue weighted by Crippen LogP contribution is 2.16. The van der Waals surface area contributed by atoms with Crippen molar-refractivity contribution in [3.05, 3.63) is 64.3 Å². The zero-order valence-corrected chi connectivity index (χ0v) is 14.2. The summed E-state index contributed by atoms with van der Waals surface area (Å²) < 4.78 is 23.1. The zero-order valence-electron chi connectivity index (χ0n) is 12.6. The van der Waals surface area contributed by atoms with Crippen molar-refractivity contribution >= 4 is 22.1 Å². The standard InChI is InChI=1S/C16H16N2O3S2/c1-12-7-17-15(21-12)11-23(19)10-13-9-22-16(18-13)8-20-14-5-3-2-4-6-14/h2-7,9H,8,10-11H2,1H3/t23-/m1/s1. The summed E-state index contributed by atoms with van der Waals surface area (Å²) in [6.07, 6.45) is 1.63. The number of aromatic nitrogens is 2. The van der Waals surface area contributed by atoms with Crippen LogP contribution < -0.4 is 4.74 Å². The lowest BCUT2D eigenvalue weighted by Gasteiger charge is -2.02. The summed E-state index contributed by atoms with van der Waals surface area (Å²) in [6, 6.07) is 9.61.